The molecule has 17 heavy (non-hydrogen) atoms. The van der Waals surface area contributed by atoms with Crippen LogP contribution < -0.4 is 0 Å². The van der Waals surface area contributed by atoms with Crippen LogP contribution in [0.25, 0.3) is 0 Å². The van der Waals surface area contributed by atoms with Gasteiger partial charge in [-0.25, -0.2) is 0 Å². The van der Waals surface area contributed by atoms with E-state index in [-0.39, 0.29) is 6.42 Å². The third-order valence-corrected chi connectivity index (χ3v) is 3.38. The molecule has 1 aliphatic rings. The second-order valence-electron chi connectivity index (χ2n) is 5.00. The fourth-order valence-corrected chi connectivity index (χ4v) is 2.25. The lowest BCUT2D eigenvalue weighted by Crippen LogP contribution is -2.24. The Morgan fingerprint density at radius 1 is 1.35 bits per heavy atom. The van der Waals surface area contributed by atoms with E-state index >= 15 is 0 Å². The van der Waals surface area contributed by atoms with Crippen molar-refractivity contribution in [3.05, 3.63) is 34.9 Å². The molecule has 1 N–H and O–H groups in total. The lowest BCUT2D eigenvalue weighted by Gasteiger charge is -2.18. The van der Waals surface area contributed by atoms with E-state index in [1.54, 1.807) is 0 Å². The SMILES string of the molecule is CC(C)N1Cc2ccc(CCC(=O)O)cc2C1. The summed E-state index contributed by atoms with van der Waals surface area (Å²) in [4.78, 5) is 13.0. The Morgan fingerprint density at radius 3 is 2.71 bits per heavy atom. The molecule has 0 bridgehead atoms. The van der Waals surface area contributed by atoms with Gasteiger partial charge in [-0.1, -0.05) is 18.2 Å². The van der Waals surface area contributed by atoms with E-state index in [0.717, 1.165) is 18.7 Å². The molecular formula is C14H19NO2. The molecule has 0 saturated carbocycles. The molecule has 0 spiro atoms. The molecule has 2 rings (SSSR count). The van der Waals surface area contributed by atoms with Crippen LogP contribution in [0.5, 0.6) is 0 Å². The zero-order chi connectivity index (χ0) is 12.4. The fraction of sp³-hybridized carbons (Fsp3) is 0.500. The predicted molar refractivity (Wildman–Crippen MR) is 66.8 cm³/mol. The topological polar surface area (TPSA) is 40.5 Å². The summed E-state index contributed by atoms with van der Waals surface area (Å²) in [7, 11) is 0. The van der Waals surface area contributed by atoms with Gasteiger partial charge in [0.1, 0.15) is 0 Å². The van der Waals surface area contributed by atoms with Crippen molar-refractivity contribution >= 4 is 5.97 Å². The molecule has 1 aromatic carbocycles. The van der Waals surface area contributed by atoms with Crippen molar-refractivity contribution in [3.8, 4) is 0 Å². The molecule has 0 atom stereocenters. The Balaban J connectivity index is 2.07. The van der Waals surface area contributed by atoms with Gasteiger partial charge in [0, 0.05) is 25.6 Å². The van der Waals surface area contributed by atoms with Crippen molar-refractivity contribution in [2.75, 3.05) is 0 Å². The normalized spacial score (nSPS) is 15.2. The molecule has 0 radical (unpaired) electrons. The molecular weight excluding hydrogens is 214 g/mol. The van der Waals surface area contributed by atoms with Gasteiger partial charge >= 0.3 is 5.97 Å². The van der Waals surface area contributed by atoms with Gasteiger partial charge in [0.2, 0.25) is 0 Å². The van der Waals surface area contributed by atoms with Crippen molar-refractivity contribution in [1.82, 2.24) is 4.90 Å². The standard InChI is InChI=1S/C14H19NO2/c1-10(2)15-8-12-5-3-11(4-6-14(16)17)7-13(12)9-15/h3,5,7,10H,4,6,8-9H2,1-2H3,(H,16,17). The smallest absolute Gasteiger partial charge is 0.303 e. The average Bonchev–Trinajstić information content (AvgIpc) is 2.69. The minimum atomic E-state index is -0.727. The third kappa shape index (κ3) is 2.86. The minimum Gasteiger partial charge on any atom is -0.481 e. The van der Waals surface area contributed by atoms with Crippen molar-refractivity contribution in [2.24, 2.45) is 0 Å². The Kier molecular flexibility index (Phi) is 3.48. The molecule has 0 aliphatic carbocycles. The Morgan fingerprint density at radius 2 is 2.06 bits per heavy atom. The highest BCUT2D eigenvalue weighted by atomic mass is 16.4. The number of carboxylic acid groups (broad SMARTS) is 1. The van der Waals surface area contributed by atoms with Crippen LogP contribution in [-0.4, -0.2) is 22.0 Å². The number of hydrogen-bond acceptors (Lipinski definition) is 2. The average molecular weight is 233 g/mol. The lowest BCUT2D eigenvalue weighted by atomic mass is 10.0. The van der Waals surface area contributed by atoms with Crippen LogP contribution in [0.3, 0.4) is 0 Å². The summed E-state index contributed by atoms with van der Waals surface area (Å²) >= 11 is 0. The van der Waals surface area contributed by atoms with E-state index in [2.05, 4.69) is 36.9 Å². The van der Waals surface area contributed by atoms with E-state index in [1.807, 2.05) is 0 Å². The van der Waals surface area contributed by atoms with E-state index in [9.17, 15) is 4.79 Å². The zero-order valence-corrected chi connectivity index (χ0v) is 10.4. The van der Waals surface area contributed by atoms with Crippen LogP contribution in [0.1, 0.15) is 37.0 Å². The van der Waals surface area contributed by atoms with Gasteiger partial charge in [0.05, 0.1) is 0 Å². The van der Waals surface area contributed by atoms with E-state index in [4.69, 9.17) is 5.11 Å². The van der Waals surface area contributed by atoms with Crippen molar-refractivity contribution in [1.29, 1.82) is 0 Å². The summed E-state index contributed by atoms with van der Waals surface area (Å²) in [5.41, 5.74) is 3.89. The van der Waals surface area contributed by atoms with Crippen LogP contribution in [0.4, 0.5) is 0 Å². The highest BCUT2D eigenvalue weighted by Crippen LogP contribution is 2.25. The number of aryl methyl sites for hydroxylation is 1. The third-order valence-electron chi connectivity index (χ3n) is 3.38. The molecule has 92 valence electrons. The van der Waals surface area contributed by atoms with Crippen LogP contribution in [-0.2, 0) is 24.3 Å². The van der Waals surface area contributed by atoms with Crippen molar-refractivity contribution in [3.63, 3.8) is 0 Å². The van der Waals surface area contributed by atoms with Gasteiger partial charge in [-0.2, -0.15) is 0 Å². The molecule has 0 fully saturated rings. The summed E-state index contributed by atoms with van der Waals surface area (Å²) in [6, 6.07) is 6.94. The monoisotopic (exact) mass is 233 g/mol. The quantitative estimate of drug-likeness (QED) is 0.868. The first-order valence-corrected chi connectivity index (χ1v) is 6.13. The summed E-state index contributed by atoms with van der Waals surface area (Å²) in [6.45, 7) is 6.43. The first-order chi connectivity index (χ1) is 8.06. The first-order valence-electron chi connectivity index (χ1n) is 6.13. The maximum Gasteiger partial charge on any atom is 0.303 e. The van der Waals surface area contributed by atoms with Crippen LogP contribution >= 0.6 is 0 Å². The number of rotatable bonds is 4. The Bertz CT molecular complexity index is 426. The van der Waals surface area contributed by atoms with Crippen molar-refractivity contribution in [2.45, 2.75) is 45.8 Å². The van der Waals surface area contributed by atoms with E-state index in [1.165, 1.54) is 11.1 Å². The molecule has 1 heterocycles. The number of carbonyl (C=O) groups is 1. The maximum atomic E-state index is 10.5. The molecule has 0 aromatic heterocycles. The number of hydrogen-bond donors (Lipinski definition) is 1. The fourth-order valence-electron chi connectivity index (χ4n) is 2.25. The number of nitrogens with zero attached hydrogens (tertiary/aromatic N) is 1. The summed E-state index contributed by atoms with van der Waals surface area (Å²) in [5, 5.41) is 8.67. The summed E-state index contributed by atoms with van der Waals surface area (Å²) < 4.78 is 0. The number of fused-ring (bicyclic) bond motifs is 1. The lowest BCUT2D eigenvalue weighted by molar-refractivity contribution is -0.136. The summed E-state index contributed by atoms with van der Waals surface area (Å²) in [5.74, 6) is -0.727. The van der Waals surface area contributed by atoms with Gasteiger partial charge in [-0.15, -0.1) is 0 Å². The number of aliphatic carboxylic acids is 1. The molecule has 0 unspecified atom stereocenters. The predicted octanol–water partition coefficient (Wildman–Crippen LogP) is 2.43. The van der Waals surface area contributed by atoms with Crippen molar-refractivity contribution < 1.29 is 9.90 Å². The van der Waals surface area contributed by atoms with Gasteiger partial charge in [0.15, 0.2) is 0 Å². The van der Waals surface area contributed by atoms with E-state index in [0.29, 0.717) is 12.5 Å². The first kappa shape index (κ1) is 12.1. The second kappa shape index (κ2) is 4.88. The molecule has 3 nitrogen and oxygen atoms in total. The van der Waals surface area contributed by atoms with Gasteiger partial charge in [-0.05, 0) is 37.0 Å². The van der Waals surface area contributed by atoms with Gasteiger partial charge in [-0.3, -0.25) is 9.69 Å². The van der Waals surface area contributed by atoms with Crippen LogP contribution in [0.15, 0.2) is 18.2 Å². The largest absolute Gasteiger partial charge is 0.481 e. The second-order valence-corrected chi connectivity index (χ2v) is 5.00. The van der Waals surface area contributed by atoms with Gasteiger partial charge in [0.25, 0.3) is 0 Å². The van der Waals surface area contributed by atoms with Gasteiger partial charge < -0.3 is 5.11 Å². The maximum absolute atomic E-state index is 10.5. The molecule has 0 amide bonds. The molecule has 3 heteroatoms. The van der Waals surface area contributed by atoms with Crippen LogP contribution in [0.2, 0.25) is 0 Å². The van der Waals surface area contributed by atoms with Crippen LogP contribution in [0, 0.1) is 0 Å². The Labute approximate surface area is 102 Å². The Hall–Kier alpha value is -1.35. The minimum absolute atomic E-state index is 0.215. The highest BCUT2D eigenvalue weighted by molar-refractivity contribution is 5.67. The summed E-state index contributed by atoms with van der Waals surface area (Å²) in [6.07, 6.45) is 0.844. The molecule has 0 saturated heterocycles. The highest BCUT2D eigenvalue weighted by Gasteiger charge is 2.20. The number of carboxylic acids is 1. The number of benzene rings is 1. The van der Waals surface area contributed by atoms with E-state index < -0.39 is 5.97 Å². The molecule has 1 aliphatic heterocycles. The zero-order valence-electron chi connectivity index (χ0n) is 10.4. The molecule has 1 aromatic rings.